The molecule has 1 aliphatic carbocycles. The Balaban J connectivity index is 2.21. The molecular formula is C21H24F2. The van der Waals surface area contributed by atoms with Crippen LogP contribution in [0.1, 0.15) is 56.6 Å². The molecule has 0 aliphatic heterocycles. The second kappa shape index (κ2) is 6.82. The van der Waals surface area contributed by atoms with Gasteiger partial charge in [0.1, 0.15) is 0 Å². The Labute approximate surface area is 137 Å². The van der Waals surface area contributed by atoms with Gasteiger partial charge in [0.05, 0.1) is 0 Å². The van der Waals surface area contributed by atoms with E-state index in [-0.39, 0.29) is 0 Å². The summed E-state index contributed by atoms with van der Waals surface area (Å²) >= 11 is 0. The molecule has 1 atom stereocenters. The van der Waals surface area contributed by atoms with Crippen LogP contribution >= 0.6 is 0 Å². The highest BCUT2D eigenvalue weighted by Gasteiger charge is 2.42. The normalized spacial score (nSPS) is 18.6. The Kier molecular flexibility index (Phi) is 4.79. The maximum absolute atomic E-state index is 14.7. The van der Waals surface area contributed by atoms with Gasteiger partial charge in [-0.05, 0) is 36.8 Å². The topological polar surface area (TPSA) is 0 Å². The van der Waals surface area contributed by atoms with Crippen molar-refractivity contribution in [3.63, 3.8) is 0 Å². The largest absolute Gasteiger partial charge is 0.204 e. The first-order chi connectivity index (χ1) is 11.2. The second-order valence-electron chi connectivity index (χ2n) is 6.63. The third kappa shape index (κ3) is 2.80. The molecule has 0 radical (unpaired) electrons. The van der Waals surface area contributed by atoms with Crippen LogP contribution in [0.15, 0.2) is 48.5 Å². The summed E-state index contributed by atoms with van der Waals surface area (Å²) in [5.41, 5.74) is 1.20. The fourth-order valence-electron chi connectivity index (χ4n) is 4.47. The smallest absolute Gasteiger partial charge is 0.162 e. The molecule has 0 N–H and O–H groups in total. The van der Waals surface area contributed by atoms with E-state index < -0.39 is 17.0 Å². The molecule has 2 heteroatoms. The lowest BCUT2D eigenvalue weighted by molar-refractivity contribution is 0.225. The highest BCUT2D eigenvalue weighted by molar-refractivity contribution is 5.41. The second-order valence-corrected chi connectivity index (χ2v) is 6.63. The van der Waals surface area contributed by atoms with Gasteiger partial charge in [0.15, 0.2) is 11.6 Å². The molecular weight excluding hydrogens is 290 g/mol. The van der Waals surface area contributed by atoms with Crippen molar-refractivity contribution in [2.45, 2.75) is 50.9 Å². The van der Waals surface area contributed by atoms with Crippen LogP contribution in [-0.2, 0) is 5.41 Å². The van der Waals surface area contributed by atoms with Crippen LogP contribution in [-0.4, -0.2) is 0 Å². The van der Waals surface area contributed by atoms with E-state index in [0.29, 0.717) is 11.5 Å². The van der Waals surface area contributed by atoms with Gasteiger partial charge >= 0.3 is 0 Å². The third-order valence-corrected chi connectivity index (χ3v) is 5.58. The Bertz CT molecular complexity index is 644. The Morgan fingerprint density at radius 2 is 1.61 bits per heavy atom. The van der Waals surface area contributed by atoms with Gasteiger partial charge in [0.2, 0.25) is 0 Å². The van der Waals surface area contributed by atoms with E-state index in [1.807, 2.05) is 18.2 Å². The lowest BCUT2D eigenvalue weighted by Crippen LogP contribution is -2.38. The van der Waals surface area contributed by atoms with E-state index in [1.54, 1.807) is 12.1 Å². The van der Waals surface area contributed by atoms with E-state index in [1.165, 1.54) is 25.3 Å². The van der Waals surface area contributed by atoms with Crippen molar-refractivity contribution in [3.8, 4) is 0 Å². The van der Waals surface area contributed by atoms with Crippen molar-refractivity contribution < 1.29 is 8.78 Å². The zero-order chi connectivity index (χ0) is 16.3. The standard InChI is InChI=1S/C21H24F2/c1-2-21(16-10-5-3-6-11-16,17-12-7-4-8-13-17)18-14-9-15-19(22)20(18)23/h3,5-6,9-11,14-15,17H,2,4,7-8,12-13H2,1H3. The molecule has 0 bridgehead atoms. The van der Waals surface area contributed by atoms with Crippen molar-refractivity contribution in [2.75, 3.05) is 0 Å². The van der Waals surface area contributed by atoms with Gasteiger partial charge in [0.25, 0.3) is 0 Å². The summed E-state index contributed by atoms with van der Waals surface area (Å²) in [6.45, 7) is 2.10. The quantitative estimate of drug-likeness (QED) is 0.626. The summed E-state index contributed by atoms with van der Waals surface area (Å²) in [7, 11) is 0. The van der Waals surface area contributed by atoms with Crippen LogP contribution in [0.5, 0.6) is 0 Å². The van der Waals surface area contributed by atoms with E-state index >= 15 is 0 Å². The summed E-state index contributed by atoms with van der Waals surface area (Å²) in [5, 5.41) is 0. The molecule has 3 rings (SSSR count). The van der Waals surface area contributed by atoms with Gasteiger partial charge in [-0.1, -0.05) is 68.7 Å². The molecule has 122 valence electrons. The predicted octanol–water partition coefficient (Wildman–Crippen LogP) is 6.24. The lowest BCUT2D eigenvalue weighted by Gasteiger charge is -2.43. The van der Waals surface area contributed by atoms with Gasteiger partial charge < -0.3 is 0 Å². The SMILES string of the molecule is CCC(c1ccccc1)(c1cccc(F)c1F)C1CCCCC1. The maximum Gasteiger partial charge on any atom is 0.162 e. The van der Waals surface area contributed by atoms with Crippen molar-refractivity contribution in [2.24, 2.45) is 5.92 Å². The first-order valence-electron chi connectivity index (χ1n) is 8.70. The van der Waals surface area contributed by atoms with Gasteiger partial charge in [-0.15, -0.1) is 0 Å². The van der Waals surface area contributed by atoms with Crippen LogP contribution in [0.2, 0.25) is 0 Å². The maximum atomic E-state index is 14.7. The molecule has 0 nitrogen and oxygen atoms in total. The Morgan fingerprint density at radius 1 is 0.913 bits per heavy atom. The fourth-order valence-corrected chi connectivity index (χ4v) is 4.47. The number of halogens is 2. The molecule has 0 heterocycles. The summed E-state index contributed by atoms with van der Waals surface area (Å²) in [5.74, 6) is -1.06. The van der Waals surface area contributed by atoms with E-state index in [0.717, 1.165) is 24.8 Å². The van der Waals surface area contributed by atoms with Crippen LogP contribution in [0.3, 0.4) is 0 Å². The summed E-state index contributed by atoms with van der Waals surface area (Å²) in [6.07, 6.45) is 6.54. The van der Waals surface area contributed by atoms with E-state index in [2.05, 4.69) is 19.1 Å². The predicted molar refractivity (Wildman–Crippen MR) is 90.4 cm³/mol. The van der Waals surface area contributed by atoms with Crippen LogP contribution in [0.25, 0.3) is 0 Å². The molecule has 1 fully saturated rings. The van der Waals surface area contributed by atoms with Gasteiger partial charge in [-0.3, -0.25) is 0 Å². The number of hydrogen-bond acceptors (Lipinski definition) is 0. The first kappa shape index (κ1) is 16.2. The summed E-state index contributed by atoms with van der Waals surface area (Å²) in [4.78, 5) is 0. The van der Waals surface area contributed by atoms with Crippen LogP contribution in [0, 0.1) is 17.6 Å². The van der Waals surface area contributed by atoms with Gasteiger partial charge in [-0.25, -0.2) is 8.78 Å². The van der Waals surface area contributed by atoms with Crippen molar-refractivity contribution in [1.29, 1.82) is 0 Å². The average molecular weight is 314 g/mol. The van der Waals surface area contributed by atoms with Gasteiger partial charge in [-0.2, -0.15) is 0 Å². The minimum absolute atomic E-state index is 0.361. The van der Waals surface area contributed by atoms with Crippen molar-refractivity contribution in [3.05, 3.63) is 71.3 Å². The molecule has 1 unspecified atom stereocenters. The first-order valence-corrected chi connectivity index (χ1v) is 8.70. The highest BCUT2D eigenvalue weighted by Crippen LogP contribution is 2.49. The molecule has 0 spiro atoms. The van der Waals surface area contributed by atoms with Crippen molar-refractivity contribution in [1.82, 2.24) is 0 Å². The average Bonchev–Trinajstić information content (AvgIpc) is 2.61. The Morgan fingerprint density at radius 3 is 2.26 bits per heavy atom. The molecule has 1 saturated carbocycles. The minimum atomic E-state index is -0.743. The van der Waals surface area contributed by atoms with Crippen LogP contribution < -0.4 is 0 Å². The van der Waals surface area contributed by atoms with E-state index in [9.17, 15) is 8.78 Å². The molecule has 2 aromatic carbocycles. The fraction of sp³-hybridized carbons (Fsp3) is 0.429. The summed E-state index contributed by atoms with van der Waals surface area (Å²) in [6, 6.07) is 14.8. The zero-order valence-corrected chi connectivity index (χ0v) is 13.7. The van der Waals surface area contributed by atoms with Crippen molar-refractivity contribution >= 4 is 0 Å². The molecule has 2 aromatic rings. The monoisotopic (exact) mass is 314 g/mol. The van der Waals surface area contributed by atoms with E-state index in [4.69, 9.17) is 0 Å². The minimum Gasteiger partial charge on any atom is -0.204 e. The molecule has 0 aromatic heterocycles. The number of rotatable bonds is 4. The Hall–Kier alpha value is -1.70. The number of benzene rings is 2. The lowest BCUT2D eigenvalue weighted by atomic mass is 9.60. The zero-order valence-electron chi connectivity index (χ0n) is 13.7. The third-order valence-electron chi connectivity index (χ3n) is 5.58. The number of hydrogen-bond donors (Lipinski definition) is 0. The molecule has 0 amide bonds. The summed E-state index contributed by atoms with van der Waals surface area (Å²) < 4.78 is 28.7. The van der Waals surface area contributed by atoms with Gasteiger partial charge in [0, 0.05) is 11.0 Å². The highest BCUT2D eigenvalue weighted by atomic mass is 19.2. The van der Waals surface area contributed by atoms with Crippen LogP contribution in [0.4, 0.5) is 8.78 Å². The molecule has 23 heavy (non-hydrogen) atoms. The molecule has 1 aliphatic rings. The molecule has 0 saturated heterocycles.